The Hall–Kier alpha value is -1.00. The van der Waals surface area contributed by atoms with Gasteiger partial charge >= 0.3 is 0 Å². The van der Waals surface area contributed by atoms with Gasteiger partial charge in [-0.2, -0.15) is 0 Å². The summed E-state index contributed by atoms with van der Waals surface area (Å²) in [5, 5.41) is 7.24. The molecule has 0 aliphatic carbocycles. The third-order valence-electron chi connectivity index (χ3n) is 2.05. The van der Waals surface area contributed by atoms with Gasteiger partial charge in [-0.3, -0.25) is 0 Å². The van der Waals surface area contributed by atoms with Gasteiger partial charge in [0.15, 0.2) is 0 Å². The zero-order valence-electron chi connectivity index (χ0n) is 6.50. The third-order valence-corrected chi connectivity index (χ3v) is 2.05. The molecule has 0 radical (unpaired) electrons. The van der Waals surface area contributed by atoms with E-state index in [1.165, 1.54) is 6.33 Å². The van der Waals surface area contributed by atoms with Gasteiger partial charge in [0.1, 0.15) is 12.2 Å². The minimum Gasteiger partial charge on any atom is -0.317 e. The van der Waals surface area contributed by atoms with Crippen LogP contribution < -0.4 is 0 Å². The molecule has 0 N–H and O–H groups in total. The van der Waals surface area contributed by atoms with Crippen LogP contribution in [0.4, 0.5) is 8.78 Å². The Kier molecular flexibility index (Phi) is 1.59. The Morgan fingerprint density at radius 1 is 1.50 bits per heavy atom. The summed E-state index contributed by atoms with van der Waals surface area (Å²) in [6.45, 7) is 0.609. The maximum absolute atomic E-state index is 12.9. The molecule has 0 bridgehead atoms. The molecular weight excluding hydrogens is 164 g/mol. The lowest BCUT2D eigenvalue weighted by Crippen LogP contribution is -2.18. The second-order valence-corrected chi connectivity index (χ2v) is 3.08. The van der Waals surface area contributed by atoms with E-state index in [9.17, 15) is 8.78 Å². The van der Waals surface area contributed by atoms with Crippen LogP contribution in [0.25, 0.3) is 0 Å². The number of hydrogen-bond acceptors (Lipinski definition) is 2. The van der Waals surface area contributed by atoms with Crippen molar-refractivity contribution < 1.29 is 8.78 Å². The highest BCUT2D eigenvalue weighted by Gasteiger charge is 2.33. The number of aryl methyl sites for hydroxylation is 1. The van der Waals surface area contributed by atoms with E-state index >= 15 is 0 Å². The van der Waals surface area contributed by atoms with Gasteiger partial charge in [0.2, 0.25) is 0 Å². The van der Waals surface area contributed by atoms with Gasteiger partial charge in [0, 0.05) is 13.0 Å². The fraction of sp³-hybridized carbons (Fsp3) is 0.714. The monoisotopic (exact) mass is 173 g/mol. The van der Waals surface area contributed by atoms with Crippen molar-refractivity contribution in [3.05, 3.63) is 12.2 Å². The Bertz CT molecular complexity index is 282. The quantitative estimate of drug-likeness (QED) is 0.591. The summed E-state index contributed by atoms with van der Waals surface area (Å²) in [7, 11) is 0. The van der Waals surface area contributed by atoms with Crippen LogP contribution in [0, 0.1) is 0 Å². The Morgan fingerprint density at radius 3 is 3.17 bits per heavy atom. The fourth-order valence-electron chi connectivity index (χ4n) is 1.43. The second-order valence-electron chi connectivity index (χ2n) is 3.08. The van der Waals surface area contributed by atoms with Gasteiger partial charge < -0.3 is 4.57 Å². The van der Waals surface area contributed by atoms with Crippen molar-refractivity contribution in [2.45, 2.75) is 31.7 Å². The van der Waals surface area contributed by atoms with Gasteiger partial charge in [0.05, 0.1) is 6.42 Å². The van der Waals surface area contributed by atoms with Crippen LogP contribution in [-0.2, 0) is 13.0 Å². The van der Waals surface area contributed by atoms with Gasteiger partial charge in [-0.05, 0) is 6.42 Å². The minimum absolute atomic E-state index is 0.0453. The molecule has 3 nitrogen and oxygen atoms in total. The summed E-state index contributed by atoms with van der Waals surface area (Å²) in [6.07, 6.45) is 1.69. The molecule has 12 heavy (non-hydrogen) atoms. The van der Waals surface area contributed by atoms with E-state index in [1.807, 2.05) is 0 Å². The summed E-state index contributed by atoms with van der Waals surface area (Å²) in [5.74, 6) is -2.20. The lowest BCUT2D eigenvalue weighted by molar-refractivity contribution is -0.00738. The highest BCUT2D eigenvalue weighted by atomic mass is 19.3. The number of rotatable bonds is 0. The molecule has 0 fully saturated rings. The highest BCUT2D eigenvalue weighted by molar-refractivity contribution is 4.93. The molecule has 5 heteroatoms. The van der Waals surface area contributed by atoms with E-state index in [4.69, 9.17) is 0 Å². The van der Waals surface area contributed by atoms with Crippen molar-refractivity contribution in [3.63, 3.8) is 0 Å². The van der Waals surface area contributed by atoms with E-state index in [2.05, 4.69) is 10.2 Å². The van der Waals surface area contributed by atoms with Crippen LogP contribution in [0.3, 0.4) is 0 Å². The first-order valence-corrected chi connectivity index (χ1v) is 3.92. The topological polar surface area (TPSA) is 30.7 Å². The van der Waals surface area contributed by atoms with Crippen molar-refractivity contribution in [2.24, 2.45) is 0 Å². The first-order chi connectivity index (χ1) is 5.67. The Labute approximate surface area is 68.4 Å². The number of halogens is 2. The molecule has 1 aromatic heterocycles. The van der Waals surface area contributed by atoms with Gasteiger partial charge in [-0.25, -0.2) is 8.78 Å². The van der Waals surface area contributed by atoms with Crippen molar-refractivity contribution in [1.29, 1.82) is 0 Å². The van der Waals surface area contributed by atoms with Crippen LogP contribution in [0.15, 0.2) is 6.33 Å². The Balaban J connectivity index is 2.30. The first-order valence-electron chi connectivity index (χ1n) is 3.92. The van der Waals surface area contributed by atoms with E-state index < -0.39 is 5.92 Å². The van der Waals surface area contributed by atoms with Gasteiger partial charge in [0.25, 0.3) is 5.92 Å². The summed E-state index contributed by atoms with van der Waals surface area (Å²) in [4.78, 5) is 0. The molecule has 1 aliphatic heterocycles. The van der Waals surface area contributed by atoms with Crippen molar-refractivity contribution >= 4 is 0 Å². The summed E-state index contributed by atoms with van der Waals surface area (Å²) >= 11 is 0. The van der Waals surface area contributed by atoms with Crippen LogP contribution in [-0.4, -0.2) is 20.7 Å². The summed E-state index contributed by atoms with van der Waals surface area (Å²) in [5.41, 5.74) is 0. The zero-order valence-corrected chi connectivity index (χ0v) is 6.50. The predicted molar refractivity (Wildman–Crippen MR) is 37.9 cm³/mol. The Morgan fingerprint density at radius 2 is 2.33 bits per heavy atom. The summed E-state index contributed by atoms with van der Waals surface area (Å²) in [6, 6.07) is 0. The first kappa shape index (κ1) is 7.64. The van der Waals surface area contributed by atoms with Crippen molar-refractivity contribution in [3.8, 4) is 0 Å². The van der Waals surface area contributed by atoms with E-state index in [1.54, 1.807) is 4.57 Å². The predicted octanol–water partition coefficient (Wildman–Crippen LogP) is 1.25. The molecular formula is C7H9F2N3. The minimum atomic E-state index is -2.60. The molecule has 66 valence electrons. The smallest absolute Gasteiger partial charge is 0.255 e. The third kappa shape index (κ3) is 1.31. The second kappa shape index (κ2) is 2.50. The largest absolute Gasteiger partial charge is 0.317 e. The normalized spacial score (nSPS) is 21.5. The average molecular weight is 173 g/mol. The molecule has 2 heterocycles. The zero-order chi connectivity index (χ0) is 8.60. The fourth-order valence-corrected chi connectivity index (χ4v) is 1.43. The molecule has 0 aromatic carbocycles. The van der Waals surface area contributed by atoms with E-state index in [0.29, 0.717) is 18.8 Å². The lowest BCUT2D eigenvalue weighted by Gasteiger charge is -2.10. The van der Waals surface area contributed by atoms with Crippen LogP contribution in [0.5, 0.6) is 0 Å². The van der Waals surface area contributed by atoms with Gasteiger partial charge in [-0.15, -0.1) is 10.2 Å². The molecule has 0 unspecified atom stereocenters. The SMILES string of the molecule is FC1(F)CCCn2cnnc2C1. The average Bonchev–Trinajstić information content (AvgIpc) is 2.31. The van der Waals surface area contributed by atoms with Crippen LogP contribution in [0.1, 0.15) is 18.7 Å². The van der Waals surface area contributed by atoms with Crippen molar-refractivity contribution in [2.75, 3.05) is 0 Å². The molecule has 1 aromatic rings. The maximum Gasteiger partial charge on any atom is 0.255 e. The number of hydrogen-bond donors (Lipinski definition) is 0. The highest BCUT2D eigenvalue weighted by Crippen LogP contribution is 2.27. The molecule has 0 amide bonds. The van der Waals surface area contributed by atoms with Gasteiger partial charge in [-0.1, -0.05) is 0 Å². The molecule has 0 saturated carbocycles. The lowest BCUT2D eigenvalue weighted by atomic mass is 10.1. The molecule has 0 atom stereocenters. The number of fused-ring (bicyclic) bond motifs is 1. The van der Waals surface area contributed by atoms with E-state index in [-0.39, 0.29) is 12.8 Å². The van der Waals surface area contributed by atoms with E-state index in [0.717, 1.165) is 0 Å². The van der Waals surface area contributed by atoms with Crippen LogP contribution >= 0.6 is 0 Å². The number of nitrogens with zero attached hydrogens (tertiary/aromatic N) is 3. The van der Waals surface area contributed by atoms with Crippen molar-refractivity contribution in [1.82, 2.24) is 14.8 Å². The molecule has 1 aliphatic rings. The number of aromatic nitrogens is 3. The molecule has 0 saturated heterocycles. The molecule has 0 spiro atoms. The summed E-state index contributed by atoms with van der Waals surface area (Å²) < 4.78 is 27.6. The molecule has 2 rings (SSSR count). The van der Waals surface area contributed by atoms with Crippen LogP contribution in [0.2, 0.25) is 0 Å². The standard InChI is InChI=1S/C7H9F2N3/c8-7(9)2-1-3-12-5-10-11-6(12)4-7/h5H,1-4H2. The maximum atomic E-state index is 12.9. The number of alkyl halides is 2.